The molecule has 0 unspecified atom stereocenters. The van der Waals surface area contributed by atoms with Gasteiger partial charge in [0.1, 0.15) is 0 Å². The van der Waals surface area contributed by atoms with Gasteiger partial charge in [-0.15, -0.1) is 0 Å². The van der Waals surface area contributed by atoms with Gasteiger partial charge in [0.05, 0.1) is 5.69 Å². The number of amides is 2. The molecule has 23 heavy (non-hydrogen) atoms. The molecule has 2 aromatic rings. The van der Waals surface area contributed by atoms with Crippen molar-refractivity contribution in [2.24, 2.45) is 0 Å². The van der Waals surface area contributed by atoms with Crippen LogP contribution in [0, 0.1) is 0 Å². The van der Waals surface area contributed by atoms with Gasteiger partial charge in [-0.2, -0.15) is 0 Å². The fourth-order valence-electron chi connectivity index (χ4n) is 2.34. The highest BCUT2D eigenvalue weighted by Gasteiger charge is 2.17. The van der Waals surface area contributed by atoms with Crippen molar-refractivity contribution < 1.29 is 9.59 Å². The van der Waals surface area contributed by atoms with Gasteiger partial charge in [-0.1, -0.05) is 54.6 Å². The lowest BCUT2D eigenvalue weighted by Gasteiger charge is -2.20. The van der Waals surface area contributed by atoms with E-state index in [4.69, 9.17) is 0 Å². The second-order valence-corrected chi connectivity index (χ2v) is 5.09. The minimum atomic E-state index is -0.265. The molecule has 1 aliphatic heterocycles. The van der Waals surface area contributed by atoms with Gasteiger partial charge in [-0.25, -0.2) is 4.79 Å². The van der Waals surface area contributed by atoms with E-state index in [1.807, 2.05) is 30.4 Å². The minimum Gasteiger partial charge on any atom is -0.307 e. The summed E-state index contributed by atoms with van der Waals surface area (Å²) in [4.78, 5) is 26.5. The quantitative estimate of drug-likeness (QED) is 0.876. The topological polar surface area (TPSA) is 49.4 Å². The van der Waals surface area contributed by atoms with Gasteiger partial charge in [-0.3, -0.25) is 9.69 Å². The lowest BCUT2D eigenvalue weighted by atomic mass is 10.0. The van der Waals surface area contributed by atoms with E-state index in [1.165, 1.54) is 0 Å². The molecule has 0 aromatic heterocycles. The minimum absolute atomic E-state index is 0.115. The molecule has 1 aliphatic rings. The number of carbonyl (C=O) groups excluding carboxylic acids is 2. The van der Waals surface area contributed by atoms with Crippen molar-refractivity contribution in [3.8, 4) is 0 Å². The summed E-state index contributed by atoms with van der Waals surface area (Å²) in [6.45, 7) is 0.511. The summed E-state index contributed by atoms with van der Waals surface area (Å²) in [5, 5.41) is 2.81. The largest absolute Gasteiger partial charge is 0.326 e. The van der Waals surface area contributed by atoms with Crippen LogP contribution in [0.15, 0.2) is 79.0 Å². The molecular formula is C19H16N2O2. The number of hydrogen-bond acceptors (Lipinski definition) is 2. The molecule has 1 N–H and O–H groups in total. The molecule has 0 spiro atoms. The maximum atomic E-state index is 12.6. The van der Waals surface area contributed by atoms with Crippen LogP contribution in [0.25, 0.3) is 0 Å². The summed E-state index contributed by atoms with van der Waals surface area (Å²) in [6, 6.07) is 15.8. The molecule has 4 nitrogen and oxygen atoms in total. The number of anilines is 1. The average molecular weight is 304 g/mol. The molecule has 0 fully saturated rings. The SMILES string of the molecule is O=C(c1ccccc1)c1ccccc1NC(=O)N1C=CC=CC1. The van der Waals surface area contributed by atoms with E-state index in [0.29, 0.717) is 23.4 Å². The van der Waals surface area contributed by atoms with Crippen LogP contribution in [-0.2, 0) is 0 Å². The number of rotatable bonds is 3. The molecule has 0 atom stereocenters. The van der Waals surface area contributed by atoms with E-state index in [9.17, 15) is 9.59 Å². The highest BCUT2D eigenvalue weighted by molar-refractivity contribution is 6.13. The number of benzene rings is 2. The second-order valence-electron chi connectivity index (χ2n) is 5.09. The number of nitrogens with zero attached hydrogens (tertiary/aromatic N) is 1. The van der Waals surface area contributed by atoms with Crippen molar-refractivity contribution in [3.63, 3.8) is 0 Å². The highest BCUT2D eigenvalue weighted by Crippen LogP contribution is 2.20. The van der Waals surface area contributed by atoms with Crippen LogP contribution >= 0.6 is 0 Å². The van der Waals surface area contributed by atoms with Crippen LogP contribution in [0.5, 0.6) is 0 Å². The number of ketones is 1. The fourth-order valence-corrected chi connectivity index (χ4v) is 2.34. The lowest BCUT2D eigenvalue weighted by Crippen LogP contribution is -2.32. The van der Waals surface area contributed by atoms with Gasteiger partial charge in [0.15, 0.2) is 5.78 Å². The Labute approximate surface area is 134 Å². The maximum absolute atomic E-state index is 12.6. The first-order valence-electron chi connectivity index (χ1n) is 7.35. The number of allylic oxidation sites excluding steroid dienone is 2. The Balaban J connectivity index is 1.83. The van der Waals surface area contributed by atoms with E-state index in [1.54, 1.807) is 53.6 Å². The van der Waals surface area contributed by atoms with Crippen molar-refractivity contribution in [3.05, 3.63) is 90.2 Å². The van der Waals surface area contributed by atoms with E-state index in [0.717, 1.165) is 0 Å². The summed E-state index contributed by atoms with van der Waals surface area (Å²) in [7, 11) is 0. The standard InChI is InChI=1S/C19H16N2O2/c22-18(15-9-3-1-4-10-15)16-11-5-6-12-17(16)20-19(23)21-13-7-2-8-14-21/h1-13H,14H2,(H,20,23). The van der Waals surface area contributed by atoms with Crippen molar-refractivity contribution in [2.45, 2.75) is 0 Å². The van der Waals surface area contributed by atoms with Crippen LogP contribution < -0.4 is 5.32 Å². The first-order valence-corrected chi connectivity index (χ1v) is 7.35. The predicted octanol–water partition coefficient (Wildman–Crippen LogP) is 3.84. The first-order chi connectivity index (χ1) is 11.3. The Kier molecular flexibility index (Phi) is 4.34. The average Bonchev–Trinajstić information content (AvgIpc) is 2.63. The Morgan fingerprint density at radius 1 is 0.913 bits per heavy atom. The molecule has 0 bridgehead atoms. The number of nitrogens with one attached hydrogen (secondary N) is 1. The molecule has 2 amide bonds. The van der Waals surface area contributed by atoms with E-state index >= 15 is 0 Å². The summed E-state index contributed by atoms with van der Waals surface area (Å²) in [6.07, 6.45) is 7.28. The number of hydrogen-bond donors (Lipinski definition) is 1. The molecule has 0 saturated heterocycles. The van der Waals surface area contributed by atoms with Crippen molar-refractivity contribution >= 4 is 17.5 Å². The fraction of sp³-hybridized carbons (Fsp3) is 0.0526. The summed E-state index contributed by atoms with van der Waals surface area (Å²) >= 11 is 0. The van der Waals surface area contributed by atoms with Crippen LogP contribution in [0.1, 0.15) is 15.9 Å². The summed E-state index contributed by atoms with van der Waals surface area (Å²) < 4.78 is 0. The Morgan fingerprint density at radius 2 is 1.65 bits per heavy atom. The monoisotopic (exact) mass is 304 g/mol. The molecule has 1 heterocycles. The molecule has 2 aromatic carbocycles. The number of carbonyl (C=O) groups is 2. The van der Waals surface area contributed by atoms with Crippen LogP contribution in [0.3, 0.4) is 0 Å². The van der Waals surface area contributed by atoms with Crippen LogP contribution in [-0.4, -0.2) is 23.3 Å². The van der Waals surface area contributed by atoms with Gasteiger partial charge in [0.2, 0.25) is 0 Å². The zero-order chi connectivity index (χ0) is 16.1. The van der Waals surface area contributed by atoms with E-state index in [2.05, 4.69) is 5.32 Å². The Bertz CT molecular complexity index is 779. The normalized spacial score (nSPS) is 13.0. The zero-order valence-corrected chi connectivity index (χ0v) is 12.5. The van der Waals surface area contributed by atoms with Crippen molar-refractivity contribution in [1.29, 1.82) is 0 Å². The Hall–Kier alpha value is -3.14. The van der Waals surface area contributed by atoms with Gasteiger partial charge in [0, 0.05) is 23.9 Å². The molecule has 0 radical (unpaired) electrons. The zero-order valence-electron chi connectivity index (χ0n) is 12.5. The van der Waals surface area contributed by atoms with Crippen molar-refractivity contribution in [1.82, 2.24) is 4.90 Å². The van der Waals surface area contributed by atoms with E-state index in [-0.39, 0.29) is 11.8 Å². The number of urea groups is 1. The van der Waals surface area contributed by atoms with Gasteiger partial charge in [-0.05, 0) is 18.2 Å². The van der Waals surface area contributed by atoms with Gasteiger partial charge < -0.3 is 5.32 Å². The predicted molar refractivity (Wildman–Crippen MR) is 90.3 cm³/mol. The van der Waals surface area contributed by atoms with E-state index < -0.39 is 0 Å². The molecular weight excluding hydrogens is 288 g/mol. The third-order valence-electron chi connectivity index (χ3n) is 3.53. The molecule has 4 heteroatoms. The maximum Gasteiger partial charge on any atom is 0.326 e. The third-order valence-corrected chi connectivity index (χ3v) is 3.53. The first kappa shape index (κ1) is 14.8. The highest BCUT2D eigenvalue weighted by atomic mass is 16.2. The Morgan fingerprint density at radius 3 is 2.39 bits per heavy atom. The summed E-state index contributed by atoms with van der Waals surface area (Å²) in [5.74, 6) is -0.115. The van der Waals surface area contributed by atoms with Crippen LogP contribution in [0.2, 0.25) is 0 Å². The van der Waals surface area contributed by atoms with Crippen molar-refractivity contribution in [2.75, 3.05) is 11.9 Å². The van der Waals surface area contributed by atoms with Gasteiger partial charge >= 0.3 is 6.03 Å². The molecule has 114 valence electrons. The molecule has 0 saturated carbocycles. The second kappa shape index (κ2) is 6.75. The smallest absolute Gasteiger partial charge is 0.307 e. The van der Waals surface area contributed by atoms with Gasteiger partial charge in [0.25, 0.3) is 0 Å². The number of para-hydroxylation sites is 1. The third kappa shape index (κ3) is 3.37. The van der Waals surface area contributed by atoms with Crippen LogP contribution in [0.4, 0.5) is 10.5 Å². The summed E-state index contributed by atoms with van der Waals surface area (Å²) in [5.41, 5.74) is 1.58. The molecule has 3 rings (SSSR count). The lowest BCUT2D eigenvalue weighted by molar-refractivity contribution is 0.103. The molecule has 0 aliphatic carbocycles.